The van der Waals surface area contributed by atoms with Crippen molar-refractivity contribution < 1.29 is 18.0 Å². The number of hydrogen-bond acceptors (Lipinski definition) is 3. The van der Waals surface area contributed by atoms with Crippen molar-refractivity contribution in [3.63, 3.8) is 0 Å². The third kappa shape index (κ3) is 3.63. The molecule has 1 aromatic carbocycles. The maximum Gasteiger partial charge on any atom is 0.418 e. The fourth-order valence-electron chi connectivity index (χ4n) is 1.50. The van der Waals surface area contributed by atoms with Crippen LogP contribution in [-0.2, 0) is 6.18 Å². The number of thioether (sulfide) groups is 1. The number of urea groups is 1. The van der Waals surface area contributed by atoms with E-state index < -0.39 is 17.8 Å². The van der Waals surface area contributed by atoms with E-state index in [1.807, 2.05) is 0 Å². The van der Waals surface area contributed by atoms with Crippen LogP contribution in [0, 0.1) is 0 Å². The Bertz CT molecular complexity index is 516. The number of nitrogens with zero attached hydrogens (tertiary/aromatic N) is 1. The zero-order chi connectivity index (χ0) is 13.9. The highest BCUT2D eigenvalue weighted by Crippen LogP contribution is 2.34. The van der Waals surface area contributed by atoms with Gasteiger partial charge in [0.1, 0.15) is 0 Å². The molecule has 8 heteroatoms. The van der Waals surface area contributed by atoms with Crippen LogP contribution in [-0.4, -0.2) is 23.5 Å². The normalized spacial score (nSPS) is 15.0. The average molecular weight is 289 g/mol. The molecule has 4 nitrogen and oxygen atoms in total. The lowest BCUT2D eigenvalue weighted by atomic mass is 10.1. The van der Waals surface area contributed by atoms with Crippen LogP contribution in [0.5, 0.6) is 0 Å². The maximum absolute atomic E-state index is 12.7. The van der Waals surface area contributed by atoms with E-state index in [0.717, 1.165) is 11.8 Å². The van der Waals surface area contributed by atoms with E-state index in [1.165, 1.54) is 30.0 Å². The van der Waals surface area contributed by atoms with Gasteiger partial charge >= 0.3 is 12.2 Å². The number of benzene rings is 1. The van der Waals surface area contributed by atoms with Crippen LogP contribution in [0.4, 0.5) is 23.7 Å². The van der Waals surface area contributed by atoms with Crippen molar-refractivity contribution in [2.24, 2.45) is 4.99 Å². The Balaban J connectivity index is 2.08. The van der Waals surface area contributed by atoms with Gasteiger partial charge in [-0.1, -0.05) is 23.9 Å². The number of hydrogen-bond donors (Lipinski definition) is 2. The lowest BCUT2D eigenvalue weighted by molar-refractivity contribution is -0.136. The molecule has 2 amide bonds. The second kappa shape index (κ2) is 5.52. The number of aliphatic imine (C=N–C) groups is 1. The van der Waals surface area contributed by atoms with Gasteiger partial charge in [-0.25, -0.2) is 4.79 Å². The molecule has 0 aromatic heterocycles. The van der Waals surface area contributed by atoms with Crippen molar-refractivity contribution in [1.29, 1.82) is 0 Å². The van der Waals surface area contributed by atoms with E-state index in [-0.39, 0.29) is 5.69 Å². The molecule has 0 radical (unpaired) electrons. The largest absolute Gasteiger partial charge is 0.418 e. The quantitative estimate of drug-likeness (QED) is 0.835. The summed E-state index contributed by atoms with van der Waals surface area (Å²) in [5, 5.41) is 5.00. The molecule has 19 heavy (non-hydrogen) atoms. The minimum absolute atomic E-state index is 0.281. The summed E-state index contributed by atoms with van der Waals surface area (Å²) >= 11 is 1.35. The van der Waals surface area contributed by atoms with Gasteiger partial charge in [0.15, 0.2) is 5.17 Å². The van der Waals surface area contributed by atoms with Crippen LogP contribution in [0.2, 0.25) is 0 Å². The molecule has 0 unspecified atom stereocenters. The lowest BCUT2D eigenvalue weighted by Crippen LogP contribution is -2.32. The second-order valence-corrected chi connectivity index (χ2v) is 4.74. The highest BCUT2D eigenvalue weighted by atomic mass is 32.2. The van der Waals surface area contributed by atoms with Crippen molar-refractivity contribution in [3.05, 3.63) is 29.8 Å². The number of carbonyl (C=O) groups is 1. The molecule has 0 spiro atoms. The SMILES string of the molecule is O=C(NC1=NCCS1)Nc1ccccc1C(F)(F)F. The molecule has 0 fully saturated rings. The van der Waals surface area contributed by atoms with E-state index >= 15 is 0 Å². The standard InChI is InChI=1S/C11H10F3N3OS/c12-11(13,14)7-3-1-2-4-8(7)16-9(18)17-10-15-5-6-19-10/h1-4H,5-6H2,(H2,15,16,17,18). The van der Waals surface area contributed by atoms with Gasteiger partial charge in [-0.05, 0) is 12.1 Å². The van der Waals surface area contributed by atoms with Crippen molar-refractivity contribution in [1.82, 2.24) is 5.32 Å². The molecule has 0 atom stereocenters. The van der Waals surface area contributed by atoms with Gasteiger partial charge in [0.2, 0.25) is 0 Å². The first-order valence-electron chi connectivity index (χ1n) is 5.38. The van der Waals surface area contributed by atoms with Crippen molar-refractivity contribution in [3.8, 4) is 0 Å². The number of anilines is 1. The predicted octanol–water partition coefficient (Wildman–Crippen LogP) is 2.93. The van der Waals surface area contributed by atoms with E-state index in [2.05, 4.69) is 15.6 Å². The van der Waals surface area contributed by atoms with Crippen LogP contribution < -0.4 is 10.6 Å². The predicted molar refractivity (Wildman–Crippen MR) is 68.4 cm³/mol. The van der Waals surface area contributed by atoms with Gasteiger partial charge in [0.05, 0.1) is 17.8 Å². The number of nitrogens with one attached hydrogen (secondary N) is 2. The lowest BCUT2D eigenvalue weighted by Gasteiger charge is -2.13. The van der Waals surface area contributed by atoms with Crippen LogP contribution in [0.1, 0.15) is 5.56 Å². The first-order valence-corrected chi connectivity index (χ1v) is 6.37. The zero-order valence-corrected chi connectivity index (χ0v) is 10.4. The molecular weight excluding hydrogens is 279 g/mol. The number of carbonyl (C=O) groups excluding carboxylic acids is 1. The van der Waals surface area contributed by atoms with Gasteiger partial charge < -0.3 is 5.32 Å². The molecule has 2 rings (SSSR count). The molecule has 0 aliphatic carbocycles. The van der Waals surface area contributed by atoms with Crippen molar-refractivity contribution in [2.45, 2.75) is 6.18 Å². The Morgan fingerprint density at radius 3 is 2.63 bits per heavy atom. The summed E-state index contributed by atoms with van der Waals surface area (Å²) in [6.07, 6.45) is -4.51. The minimum atomic E-state index is -4.51. The van der Waals surface area contributed by atoms with Gasteiger partial charge in [-0.2, -0.15) is 13.2 Å². The molecule has 1 aliphatic heterocycles. The highest BCUT2D eigenvalue weighted by molar-refractivity contribution is 8.14. The Kier molecular flexibility index (Phi) is 3.98. The summed E-state index contributed by atoms with van der Waals surface area (Å²) in [5.41, 5.74) is -1.16. The number of alkyl halides is 3. The number of halogens is 3. The molecule has 102 valence electrons. The number of para-hydroxylation sites is 1. The summed E-state index contributed by atoms with van der Waals surface area (Å²) in [5.74, 6) is 0.759. The fourth-order valence-corrected chi connectivity index (χ4v) is 2.22. The Morgan fingerprint density at radius 2 is 2.00 bits per heavy atom. The van der Waals surface area contributed by atoms with Crippen LogP contribution >= 0.6 is 11.8 Å². The average Bonchev–Trinajstić information content (AvgIpc) is 2.81. The van der Waals surface area contributed by atoms with Gasteiger partial charge in [-0.15, -0.1) is 0 Å². The maximum atomic E-state index is 12.7. The summed E-state index contributed by atoms with van der Waals surface area (Å²) in [7, 11) is 0. The minimum Gasteiger partial charge on any atom is -0.307 e. The summed E-state index contributed by atoms with van der Waals surface area (Å²) < 4.78 is 38.1. The smallest absolute Gasteiger partial charge is 0.307 e. The van der Waals surface area contributed by atoms with E-state index in [4.69, 9.17) is 0 Å². The molecule has 0 saturated heterocycles. The second-order valence-electron chi connectivity index (χ2n) is 3.66. The summed E-state index contributed by atoms with van der Waals surface area (Å²) in [6.45, 7) is 0.597. The van der Waals surface area contributed by atoms with Crippen LogP contribution in [0.15, 0.2) is 29.3 Å². The van der Waals surface area contributed by atoms with Gasteiger partial charge in [-0.3, -0.25) is 10.3 Å². The third-order valence-electron chi connectivity index (χ3n) is 2.29. The molecule has 1 aliphatic rings. The first-order chi connectivity index (χ1) is 8.97. The molecule has 1 heterocycles. The van der Waals surface area contributed by atoms with E-state index in [1.54, 1.807) is 0 Å². The fraction of sp³-hybridized carbons (Fsp3) is 0.273. The van der Waals surface area contributed by atoms with E-state index in [9.17, 15) is 18.0 Å². The number of amides is 2. The van der Waals surface area contributed by atoms with E-state index in [0.29, 0.717) is 11.7 Å². The van der Waals surface area contributed by atoms with Crippen molar-refractivity contribution in [2.75, 3.05) is 17.6 Å². The topological polar surface area (TPSA) is 53.5 Å². The van der Waals surface area contributed by atoms with Crippen LogP contribution in [0.3, 0.4) is 0 Å². The zero-order valence-electron chi connectivity index (χ0n) is 9.62. The number of amidine groups is 1. The molecule has 0 saturated carbocycles. The van der Waals surface area contributed by atoms with Crippen molar-refractivity contribution >= 4 is 28.6 Å². The van der Waals surface area contributed by atoms with Gasteiger partial charge in [0, 0.05) is 5.75 Å². The Hall–Kier alpha value is -1.70. The van der Waals surface area contributed by atoms with Gasteiger partial charge in [0.25, 0.3) is 0 Å². The number of rotatable bonds is 1. The third-order valence-corrected chi connectivity index (χ3v) is 3.18. The molecule has 0 bridgehead atoms. The Labute approximate surface area is 111 Å². The summed E-state index contributed by atoms with van der Waals surface area (Å²) in [6, 6.07) is 4.07. The molecular formula is C11H10F3N3OS. The monoisotopic (exact) mass is 289 g/mol. The molecule has 1 aromatic rings. The van der Waals surface area contributed by atoms with Crippen LogP contribution in [0.25, 0.3) is 0 Å². The Morgan fingerprint density at radius 1 is 1.26 bits per heavy atom. The first kappa shape index (κ1) is 13.7. The highest BCUT2D eigenvalue weighted by Gasteiger charge is 2.33. The molecule has 2 N–H and O–H groups in total. The summed E-state index contributed by atoms with van der Waals surface area (Å²) in [4.78, 5) is 15.5.